The number of hydrogen-bond donors (Lipinski definition) is 1. The van der Waals surface area contributed by atoms with E-state index in [1.165, 1.54) is 0 Å². The molecule has 6 nitrogen and oxygen atoms in total. The molecule has 0 aliphatic carbocycles. The summed E-state index contributed by atoms with van der Waals surface area (Å²) >= 11 is 0. The van der Waals surface area contributed by atoms with Gasteiger partial charge in [-0.05, 0) is 46.0 Å². The molecule has 25 heavy (non-hydrogen) atoms. The number of amides is 1. The number of rotatable bonds is 5. The van der Waals surface area contributed by atoms with Gasteiger partial charge in [-0.2, -0.15) is 0 Å². The van der Waals surface area contributed by atoms with Crippen molar-refractivity contribution < 1.29 is 9.53 Å². The Kier molecular flexibility index (Phi) is 6.04. The summed E-state index contributed by atoms with van der Waals surface area (Å²) in [5, 5.41) is 3.26. The molecule has 3 rings (SSSR count). The van der Waals surface area contributed by atoms with E-state index in [0.29, 0.717) is 17.5 Å². The maximum atomic E-state index is 12.6. The molecule has 1 amide bonds. The summed E-state index contributed by atoms with van der Waals surface area (Å²) in [6, 6.07) is 4.50. The van der Waals surface area contributed by atoms with Crippen LogP contribution >= 0.6 is 0 Å². The minimum absolute atomic E-state index is 0.0184. The quantitative estimate of drug-likeness (QED) is 0.867. The van der Waals surface area contributed by atoms with E-state index in [9.17, 15) is 4.79 Å². The van der Waals surface area contributed by atoms with Crippen molar-refractivity contribution in [3.05, 3.63) is 29.6 Å². The number of pyridine rings is 1. The molecule has 6 heteroatoms. The van der Waals surface area contributed by atoms with Crippen molar-refractivity contribution in [2.24, 2.45) is 5.92 Å². The van der Waals surface area contributed by atoms with Gasteiger partial charge in [0.1, 0.15) is 0 Å². The van der Waals surface area contributed by atoms with Crippen LogP contribution in [0, 0.1) is 12.8 Å². The van der Waals surface area contributed by atoms with Crippen LogP contribution in [0.15, 0.2) is 18.3 Å². The fourth-order valence-corrected chi connectivity index (χ4v) is 3.92. The summed E-state index contributed by atoms with van der Waals surface area (Å²) < 4.78 is 5.50. The van der Waals surface area contributed by atoms with Crippen molar-refractivity contribution in [2.75, 3.05) is 46.9 Å². The highest BCUT2D eigenvalue weighted by Gasteiger charge is 2.37. The lowest BCUT2D eigenvalue weighted by Crippen LogP contribution is -2.44. The number of carbonyl (C=O) groups is 1. The number of ether oxygens (including phenoxy) is 1. The molecule has 0 radical (unpaired) electrons. The predicted molar refractivity (Wildman–Crippen MR) is 97.7 cm³/mol. The Hall–Kier alpha value is -1.50. The molecule has 2 saturated heterocycles. The summed E-state index contributed by atoms with van der Waals surface area (Å²) in [5.41, 5.74) is 1.56. The monoisotopic (exact) mass is 346 g/mol. The van der Waals surface area contributed by atoms with E-state index in [1.807, 2.05) is 19.1 Å². The first kappa shape index (κ1) is 18.3. The second kappa shape index (κ2) is 8.25. The Morgan fingerprint density at radius 1 is 1.32 bits per heavy atom. The molecular weight excluding hydrogens is 316 g/mol. The highest BCUT2D eigenvalue weighted by molar-refractivity contribution is 5.94. The number of likely N-dealkylation sites (tertiary alicyclic amines) is 1. The molecule has 0 spiro atoms. The molecule has 2 aliphatic rings. The lowest BCUT2D eigenvalue weighted by molar-refractivity contribution is 0.0403. The van der Waals surface area contributed by atoms with E-state index < -0.39 is 0 Å². The normalized spacial score (nSPS) is 25.4. The van der Waals surface area contributed by atoms with Crippen LogP contribution in [-0.4, -0.2) is 79.7 Å². The van der Waals surface area contributed by atoms with E-state index in [4.69, 9.17) is 4.74 Å². The van der Waals surface area contributed by atoms with Gasteiger partial charge in [0.15, 0.2) is 0 Å². The maximum Gasteiger partial charge on any atom is 0.253 e. The number of nitrogens with zero attached hydrogens (tertiary/aromatic N) is 3. The minimum Gasteiger partial charge on any atom is -0.381 e. The molecule has 1 aromatic heterocycles. The molecule has 2 fully saturated rings. The molecule has 2 atom stereocenters. The fraction of sp³-hybridized carbons (Fsp3) is 0.684. The van der Waals surface area contributed by atoms with Crippen LogP contribution in [0.3, 0.4) is 0 Å². The van der Waals surface area contributed by atoms with Crippen molar-refractivity contribution in [2.45, 2.75) is 31.8 Å². The van der Waals surface area contributed by atoms with Gasteiger partial charge in [-0.3, -0.25) is 14.7 Å². The van der Waals surface area contributed by atoms with Crippen LogP contribution in [0.2, 0.25) is 0 Å². The molecular formula is C19H30N4O2. The standard InChI is InChI=1S/C19H30N4O2/c1-14-4-5-15(10-20-14)19(24)21-18-13-23(12-16(18)11-22(2)3)17-6-8-25-9-7-17/h4-5,10,16-18H,6-9,11-13H2,1-3H3,(H,21,24)/t16-,18-/m1/s1. The summed E-state index contributed by atoms with van der Waals surface area (Å²) in [5.74, 6) is 0.426. The van der Waals surface area contributed by atoms with Gasteiger partial charge in [0.2, 0.25) is 0 Å². The van der Waals surface area contributed by atoms with Crippen molar-refractivity contribution in [1.82, 2.24) is 20.1 Å². The van der Waals surface area contributed by atoms with Gasteiger partial charge in [-0.15, -0.1) is 0 Å². The zero-order valence-corrected chi connectivity index (χ0v) is 15.6. The molecule has 0 bridgehead atoms. The number of hydrogen-bond acceptors (Lipinski definition) is 5. The minimum atomic E-state index is -0.0184. The van der Waals surface area contributed by atoms with Gasteiger partial charge in [0.05, 0.1) is 5.56 Å². The highest BCUT2D eigenvalue weighted by atomic mass is 16.5. The molecule has 1 aromatic rings. The maximum absolute atomic E-state index is 12.6. The van der Waals surface area contributed by atoms with Crippen molar-refractivity contribution in [3.63, 3.8) is 0 Å². The smallest absolute Gasteiger partial charge is 0.253 e. The lowest BCUT2D eigenvalue weighted by Gasteiger charge is -2.31. The fourth-order valence-electron chi connectivity index (χ4n) is 3.92. The summed E-state index contributed by atoms with van der Waals surface area (Å²) in [7, 11) is 4.19. The number of aryl methyl sites for hydroxylation is 1. The molecule has 2 aliphatic heterocycles. The Balaban J connectivity index is 1.65. The molecule has 1 N–H and O–H groups in total. The third-order valence-corrected chi connectivity index (χ3v) is 5.27. The Labute approximate surface area is 150 Å². The first-order valence-electron chi connectivity index (χ1n) is 9.23. The SMILES string of the molecule is Cc1ccc(C(=O)N[C@@H]2CN(C3CCOCC3)C[C@H]2CN(C)C)cn1. The second-order valence-corrected chi connectivity index (χ2v) is 7.59. The largest absolute Gasteiger partial charge is 0.381 e. The van der Waals surface area contributed by atoms with Gasteiger partial charge in [-0.25, -0.2) is 0 Å². The zero-order chi connectivity index (χ0) is 17.8. The van der Waals surface area contributed by atoms with Crippen LogP contribution in [0.5, 0.6) is 0 Å². The van der Waals surface area contributed by atoms with Crippen LogP contribution in [0.1, 0.15) is 28.9 Å². The van der Waals surface area contributed by atoms with E-state index in [1.54, 1.807) is 6.20 Å². The van der Waals surface area contributed by atoms with E-state index in [0.717, 1.165) is 51.4 Å². The average Bonchev–Trinajstić information content (AvgIpc) is 2.98. The van der Waals surface area contributed by atoms with E-state index >= 15 is 0 Å². The Morgan fingerprint density at radius 3 is 2.72 bits per heavy atom. The first-order chi connectivity index (χ1) is 12.0. The molecule has 0 saturated carbocycles. The second-order valence-electron chi connectivity index (χ2n) is 7.59. The molecule has 0 unspecified atom stereocenters. The number of carbonyl (C=O) groups excluding carboxylic acids is 1. The van der Waals surface area contributed by atoms with Gasteiger partial charge in [0.25, 0.3) is 5.91 Å². The number of nitrogens with one attached hydrogen (secondary N) is 1. The summed E-state index contributed by atoms with van der Waals surface area (Å²) in [6.07, 6.45) is 3.85. The van der Waals surface area contributed by atoms with E-state index in [-0.39, 0.29) is 11.9 Å². The van der Waals surface area contributed by atoms with Crippen LogP contribution < -0.4 is 5.32 Å². The van der Waals surface area contributed by atoms with Gasteiger partial charge in [0, 0.05) is 62.7 Å². The topological polar surface area (TPSA) is 57.7 Å². The van der Waals surface area contributed by atoms with Gasteiger partial charge in [-0.1, -0.05) is 0 Å². The van der Waals surface area contributed by atoms with Crippen molar-refractivity contribution in [1.29, 1.82) is 0 Å². The van der Waals surface area contributed by atoms with Crippen molar-refractivity contribution >= 4 is 5.91 Å². The highest BCUT2D eigenvalue weighted by Crippen LogP contribution is 2.25. The van der Waals surface area contributed by atoms with Gasteiger partial charge < -0.3 is 15.0 Å². The molecule has 138 valence electrons. The Bertz CT molecular complexity index is 569. The van der Waals surface area contributed by atoms with Crippen molar-refractivity contribution in [3.8, 4) is 0 Å². The van der Waals surface area contributed by atoms with Gasteiger partial charge >= 0.3 is 0 Å². The third-order valence-electron chi connectivity index (χ3n) is 5.27. The van der Waals surface area contributed by atoms with E-state index in [2.05, 4.69) is 34.2 Å². The summed E-state index contributed by atoms with van der Waals surface area (Å²) in [6.45, 7) is 6.58. The third kappa shape index (κ3) is 4.77. The predicted octanol–water partition coefficient (Wildman–Crippen LogP) is 1.16. The Morgan fingerprint density at radius 2 is 2.08 bits per heavy atom. The number of aromatic nitrogens is 1. The zero-order valence-electron chi connectivity index (χ0n) is 15.6. The van der Waals surface area contributed by atoms with Crippen LogP contribution in [0.25, 0.3) is 0 Å². The summed E-state index contributed by atoms with van der Waals surface area (Å²) in [4.78, 5) is 21.6. The van der Waals surface area contributed by atoms with Crippen LogP contribution in [-0.2, 0) is 4.74 Å². The first-order valence-corrected chi connectivity index (χ1v) is 9.23. The molecule has 3 heterocycles. The molecule has 0 aromatic carbocycles. The van der Waals surface area contributed by atoms with Crippen LogP contribution in [0.4, 0.5) is 0 Å². The lowest BCUT2D eigenvalue weighted by atomic mass is 10.0. The average molecular weight is 346 g/mol.